The Balaban J connectivity index is 2.84. The summed E-state index contributed by atoms with van der Waals surface area (Å²) >= 11 is 0. The minimum absolute atomic E-state index is 0.343. The van der Waals surface area contributed by atoms with Gasteiger partial charge in [-0.1, -0.05) is 12.1 Å². The minimum Gasteiger partial charge on any atom is -0.381 e. The molecule has 2 atom stereocenters. The molecule has 1 aromatic carbocycles. The van der Waals surface area contributed by atoms with Gasteiger partial charge in [0.05, 0.1) is 0 Å². The summed E-state index contributed by atoms with van der Waals surface area (Å²) in [6.45, 7) is 1.30. The van der Waals surface area contributed by atoms with E-state index < -0.39 is 22.9 Å². The van der Waals surface area contributed by atoms with Gasteiger partial charge in [-0.15, -0.1) is 0 Å². The first-order chi connectivity index (χ1) is 6.52. The van der Waals surface area contributed by atoms with Crippen molar-refractivity contribution in [1.82, 2.24) is 0 Å². The van der Waals surface area contributed by atoms with Gasteiger partial charge in [-0.25, -0.2) is 4.39 Å². The Hall–Kier alpha value is -1.49. The predicted molar refractivity (Wildman–Crippen MR) is 47.8 cm³/mol. The fourth-order valence-electron chi connectivity index (χ4n) is 1.05. The zero-order chi connectivity index (χ0) is 10.7. The first-order valence-electron chi connectivity index (χ1n) is 4.09. The lowest BCUT2D eigenvalue weighted by molar-refractivity contribution is -0.531. The molecule has 76 valence electrons. The van der Waals surface area contributed by atoms with Crippen LogP contribution in [-0.2, 0) is 0 Å². The Morgan fingerprint density at radius 2 is 1.93 bits per heavy atom. The van der Waals surface area contributed by atoms with E-state index in [0.717, 1.165) is 12.1 Å². The molecule has 0 amide bonds. The number of halogens is 1. The van der Waals surface area contributed by atoms with Gasteiger partial charge in [0.25, 0.3) is 0 Å². The van der Waals surface area contributed by atoms with E-state index in [1.165, 1.54) is 19.1 Å². The number of benzene rings is 1. The Labute approximate surface area is 80.1 Å². The van der Waals surface area contributed by atoms with Gasteiger partial charge in [0, 0.05) is 11.8 Å². The van der Waals surface area contributed by atoms with Gasteiger partial charge in [0.15, 0.2) is 0 Å². The molecule has 4 nitrogen and oxygen atoms in total. The van der Waals surface area contributed by atoms with Gasteiger partial charge in [-0.2, -0.15) is 0 Å². The van der Waals surface area contributed by atoms with Crippen LogP contribution >= 0.6 is 0 Å². The first kappa shape index (κ1) is 10.6. The lowest BCUT2D eigenvalue weighted by atomic mass is 10.0. The van der Waals surface area contributed by atoms with E-state index in [1.54, 1.807) is 0 Å². The average Bonchev–Trinajstić information content (AvgIpc) is 2.16. The molecule has 0 aliphatic carbocycles. The quantitative estimate of drug-likeness (QED) is 0.593. The molecule has 0 aliphatic heterocycles. The van der Waals surface area contributed by atoms with Gasteiger partial charge >= 0.3 is 0 Å². The number of aliphatic hydroxyl groups is 1. The second kappa shape index (κ2) is 4.15. The largest absolute Gasteiger partial charge is 0.381 e. The molecule has 5 heteroatoms. The van der Waals surface area contributed by atoms with Crippen LogP contribution in [-0.4, -0.2) is 16.1 Å². The molecule has 0 bridgehead atoms. The summed E-state index contributed by atoms with van der Waals surface area (Å²) in [6.07, 6.45) is -1.20. The highest BCUT2D eigenvalue weighted by Crippen LogP contribution is 2.18. The maximum atomic E-state index is 12.5. The van der Waals surface area contributed by atoms with Crippen molar-refractivity contribution in [3.63, 3.8) is 0 Å². The van der Waals surface area contributed by atoms with Gasteiger partial charge in [0.2, 0.25) is 6.04 Å². The standard InChI is InChI=1S/C9H10FNO3/c1-6(11(13)14)9(12)7-2-4-8(10)5-3-7/h2-6,9,12H,1H3/t6-,9-/m0/s1. The smallest absolute Gasteiger partial charge is 0.239 e. The van der Waals surface area contributed by atoms with Crippen molar-refractivity contribution in [2.75, 3.05) is 0 Å². The molecule has 0 heterocycles. The third-order valence-electron chi connectivity index (χ3n) is 2.00. The van der Waals surface area contributed by atoms with Gasteiger partial charge in [-0.3, -0.25) is 10.1 Å². The van der Waals surface area contributed by atoms with E-state index in [2.05, 4.69) is 0 Å². The molecule has 0 aliphatic rings. The van der Waals surface area contributed by atoms with Crippen LogP contribution in [0.2, 0.25) is 0 Å². The molecule has 1 aromatic rings. The van der Waals surface area contributed by atoms with Crippen molar-refractivity contribution < 1.29 is 14.4 Å². The molecular weight excluding hydrogens is 189 g/mol. The third kappa shape index (κ3) is 2.26. The van der Waals surface area contributed by atoms with E-state index >= 15 is 0 Å². The number of nitrogens with zero attached hydrogens (tertiary/aromatic N) is 1. The van der Waals surface area contributed by atoms with E-state index in [1.807, 2.05) is 0 Å². The van der Waals surface area contributed by atoms with Gasteiger partial charge in [-0.05, 0) is 17.7 Å². The van der Waals surface area contributed by atoms with Gasteiger partial charge in [0.1, 0.15) is 11.9 Å². The Kier molecular flexibility index (Phi) is 3.14. The number of aliphatic hydroxyl groups excluding tert-OH is 1. The molecule has 0 spiro atoms. The first-order valence-corrected chi connectivity index (χ1v) is 4.09. The Morgan fingerprint density at radius 1 is 1.43 bits per heavy atom. The van der Waals surface area contributed by atoms with E-state index in [4.69, 9.17) is 0 Å². The summed E-state index contributed by atoms with van der Waals surface area (Å²) in [5.41, 5.74) is 0.343. The van der Waals surface area contributed by atoms with Crippen LogP contribution in [0.15, 0.2) is 24.3 Å². The highest BCUT2D eigenvalue weighted by Gasteiger charge is 2.25. The Bertz CT molecular complexity index is 325. The topological polar surface area (TPSA) is 63.4 Å². The zero-order valence-electron chi connectivity index (χ0n) is 7.55. The number of hydrogen-bond acceptors (Lipinski definition) is 3. The minimum atomic E-state index is -1.20. The molecule has 0 radical (unpaired) electrons. The van der Waals surface area contributed by atoms with Crippen LogP contribution in [0.3, 0.4) is 0 Å². The average molecular weight is 199 g/mol. The summed E-state index contributed by atoms with van der Waals surface area (Å²) in [4.78, 5) is 9.78. The van der Waals surface area contributed by atoms with Crippen LogP contribution in [0.1, 0.15) is 18.6 Å². The normalized spacial score (nSPS) is 14.8. The maximum absolute atomic E-state index is 12.5. The lowest BCUT2D eigenvalue weighted by Gasteiger charge is -2.11. The van der Waals surface area contributed by atoms with Crippen LogP contribution < -0.4 is 0 Å². The molecule has 0 fully saturated rings. The summed E-state index contributed by atoms with van der Waals surface area (Å²) in [6, 6.07) is 3.89. The van der Waals surface area contributed by atoms with E-state index in [-0.39, 0.29) is 0 Å². The molecule has 0 aromatic heterocycles. The lowest BCUT2D eigenvalue weighted by Crippen LogP contribution is -2.23. The summed E-state index contributed by atoms with van der Waals surface area (Å²) < 4.78 is 12.5. The Morgan fingerprint density at radius 3 is 2.36 bits per heavy atom. The maximum Gasteiger partial charge on any atom is 0.239 e. The second-order valence-electron chi connectivity index (χ2n) is 3.02. The van der Waals surface area contributed by atoms with Crippen molar-refractivity contribution in [1.29, 1.82) is 0 Å². The molecule has 1 rings (SSSR count). The highest BCUT2D eigenvalue weighted by atomic mass is 19.1. The van der Waals surface area contributed by atoms with Crippen LogP contribution in [0, 0.1) is 15.9 Å². The van der Waals surface area contributed by atoms with Crippen molar-refractivity contribution in [2.24, 2.45) is 0 Å². The van der Waals surface area contributed by atoms with Crippen LogP contribution in [0.5, 0.6) is 0 Å². The van der Waals surface area contributed by atoms with E-state index in [9.17, 15) is 19.6 Å². The summed E-state index contributed by atoms with van der Waals surface area (Å²) in [7, 11) is 0. The number of rotatable bonds is 3. The van der Waals surface area contributed by atoms with E-state index in [0.29, 0.717) is 5.56 Å². The van der Waals surface area contributed by atoms with Crippen molar-refractivity contribution in [3.05, 3.63) is 45.8 Å². The zero-order valence-corrected chi connectivity index (χ0v) is 7.55. The van der Waals surface area contributed by atoms with Crippen molar-refractivity contribution >= 4 is 0 Å². The monoisotopic (exact) mass is 199 g/mol. The SMILES string of the molecule is C[C@@H]([C@H](O)c1ccc(F)cc1)[N+](=O)[O-]. The molecule has 1 N–H and O–H groups in total. The molecule has 0 saturated heterocycles. The number of hydrogen-bond donors (Lipinski definition) is 1. The summed E-state index contributed by atoms with van der Waals surface area (Å²) in [5.74, 6) is -0.435. The fourth-order valence-corrected chi connectivity index (χ4v) is 1.05. The third-order valence-corrected chi connectivity index (χ3v) is 2.00. The second-order valence-corrected chi connectivity index (χ2v) is 3.02. The number of nitro groups is 1. The highest BCUT2D eigenvalue weighted by molar-refractivity contribution is 5.19. The van der Waals surface area contributed by atoms with Crippen LogP contribution in [0.4, 0.5) is 4.39 Å². The van der Waals surface area contributed by atoms with Crippen LogP contribution in [0.25, 0.3) is 0 Å². The fraction of sp³-hybridized carbons (Fsp3) is 0.333. The molecule has 0 unspecified atom stereocenters. The predicted octanol–water partition coefficient (Wildman–Crippen LogP) is 1.52. The molecule has 0 saturated carbocycles. The van der Waals surface area contributed by atoms with Crippen molar-refractivity contribution in [3.8, 4) is 0 Å². The van der Waals surface area contributed by atoms with Gasteiger partial charge < -0.3 is 5.11 Å². The molecule has 14 heavy (non-hydrogen) atoms. The summed E-state index contributed by atoms with van der Waals surface area (Å²) in [5, 5.41) is 19.8. The molecular formula is C9H10FNO3. The van der Waals surface area contributed by atoms with Crippen molar-refractivity contribution in [2.45, 2.75) is 19.1 Å².